The molecule has 2 rings (SSSR count). The van der Waals surface area contributed by atoms with Crippen molar-refractivity contribution in [3.63, 3.8) is 0 Å². The Morgan fingerprint density at radius 1 is 1.24 bits per heavy atom. The summed E-state index contributed by atoms with van der Waals surface area (Å²) in [6, 6.07) is 10.4. The molecule has 21 heavy (non-hydrogen) atoms. The van der Waals surface area contributed by atoms with Gasteiger partial charge < -0.3 is 20.3 Å². The largest absolute Gasteiger partial charge is 0.493 e. The van der Waals surface area contributed by atoms with Gasteiger partial charge in [0.2, 0.25) is 0 Å². The van der Waals surface area contributed by atoms with E-state index < -0.39 is 0 Å². The highest BCUT2D eigenvalue weighted by atomic mass is 79.9. The van der Waals surface area contributed by atoms with Crippen molar-refractivity contribution in [1.29, 1.82) is 5.41 Å². The molecule has 0 radical (unpaired) electrons. The monoisotopic (exact) mass is 350 g/mol. The van der Waals surface area contributed by atoms with Crippen LogP contribution >= 0.6 is 15.9 Å². The molecule has 0 unspecified atom stereocenters. The summed E-state index contributed by atoms with van der Waals surface area (Å²) in [5.74, 6) is 1.64. The molecule has 0 bridgehead atoms. The van der Waals surface area contributed by atoms with Gasteiger partial charge in [0.1, 0.15) is 11.6 Å². The molecule has 0 saturated heterocycles. The van der Waals surface area contributed by atoms with Crippen molar-refractivity contribution in [3.8, 4) is 17.2 Å². The fourth-order valence-electron chi connectivity index (χ4n) is 1.80. The molecule has 0 atom stereocenters. The normalized spacial score (nSPS) is 10.2. The van der Waals surface area contributed by atoms with Crippen LogP contribution in [-0.2, 0) is 6.61 Å². The maximum atomic E-state index is 9.12. The zero-order valence-electron chi connectivity index (χ0n) is 11.4. The van der Waals surface area contributed by atoms with E-state index in [1.807, 2.05) is 0 Å². The summed E-state index contributed by atoms with van der Waals surface area (Å²) >= 11 is 3.35. The predicted octanol–water partition coefficient (Wildman–Crippen LogP) is 3.03. The minimum Gasteiger partial charge on any atom is -0.493 e. The van der Waals surface area contributed by atoms with Crippen LogP contribution in [0.5, 0.6) is 17.2 Å². The lowest BCUT2D eigenvalue weighted by molar-refractivity contribution is 0.280. The van der Waals surface area contributed by atoms with Gasteiger partial charge in [0.15, 0.2) is 11.5 Å². The second-order valence-corrected chi connectivity index (χ2v) is 5.16. The topological polar surface area (TPSA) is 88.6 Å². The molecule has 0 fully saturated rings. The maximum Gasteiger partial charge on any atom is 0.169 e. The molecule has 0 aliphatic heterocycles. The summed E-state index contributed by atoms with van der Waals surface area (Å²) in [5.41, 5.74) is 6.81. The van der Waals surface area contributed by atoms with Crippen LogP contribution < -0.4 is 15.2 Å². The van der Waals surface area contributed by atoms with Crippen LogP contribution in [0.15, 0.2) is 40.9 Å². The van der Waals surface area contributed by atoms with Crippen molar-refractivity contribution in [2.75, 3.05) is 7.11 Å². The summed E-state index contributed by atoms with van der Waals surface area (Å²) in [4.78, 5) is 0. The Labute approximate surface area is 130 Å². The third-order valence-electron chi connectivity index (χ3n) is 2.87. The van der Waals surface area contributed by atoms with E-state index in [9.17, 15) is 0 Å². The molecule has 0 amide bonds. The Hall–Kier alpha value is -2.05. The van der Waals surface area contributed by atoms with Gasteiger partial charge in [0, 0.05) is 10.0 Å². The number of methoxy groups -OCH3 is 1. The van der Waals surface area contributed by atoms with Crippen LogP contribution in [0.4, 0.5) is 0 Å². The first-order valence-electron chi connectivity index (χ1n) is 6.14. The Morgan fingerprint density at radius 3 is 2.57 bits per heavy atom. The van der Waals surface area contributed by atoms with Crippen molar-refractivity contribution in [2.45, 2.75) is 6.61 Å². The number of halogens is 1. The van der Waals surface area contributed by atoms with Gasteiger partial charge in [-0.3, -0.25) is 5.41 Å². The molecule has 0 saturated carbocycles. The average molecular weight is 351 g/mol. The summed E-state index contributed by atoms with van der Waals surface area (Å²) in [6.45, 7) is -0.0600. The highest BCUT2D eigenvalue weighted by Gasteiger charge is 2.09. The van der Waals surface area contributed by atoms with Crippen LogP contribution in [-0.4, -0.2) is 18.1 Å². The Balaban J connectivity index is 2.30. The van der Waals surface area contributed by atoms with E-state index >= 15 is 0 Å². The number of aliphatic hydroxyl groups is 1. The quantitative estimate of drug-likeness (QED) is 0.571. The van der Waals surface area contributed by atoms with Crippen molar-refractivity contribution >= 4 is 21.8 Å². The molecule has 0 spiro atoms. The molecule has 2 aromatic rings. The average Bonchev–Trinajstić information content (AvgIpc) is 2.47. The van der Waals surface area contributed by atoms with E-state index in [2.05, 4.69) is 15.9 Å². The summed E-state index contributed by atoms with van der Waals surface area (Å²) < 4.78 is 11.7. The van der Waals surface area contributed by atoms with Crippen LogP contribution in [0.2, 0.25) is 0 Å². The molecule has 0 aliphatic rings. The van der Waals surface area contributed by atoms with Crippen molar-refractivity contribution in [3.05, 3.63) is 52.0 Å². The van der Waals surface area contributed by atoms with Crippen molar-refractivity contribution in [1.82, 2.24) is 0 Å². The van der Waals surface area contributed by atoms with Crippen LogP contribution in [0, 0.1) is 5.41 Å². The highest BCUT2D eigenvalue weighted by Crippen LogP contribution is 2.34. The first-order chi connectivity index (χ1) is 10.0. The molecular weight excluding hydrogens is 336 g/mol. The summed E-state index contributed by atoms with van der Waals surface area (Å²) in [6.07, 6.45) is 0. The van der Waals surface area contributed by atoms with Gasteiger partial charge >= 0.3 is 0 Å². The lowest BCUT2D eigenvalue weighted by Crippen LogP contribution is -2.11. The number of rotatable bonds is 5. The fourth-order valence-corrected chi connectivity index (χ4v) is 2.37. The Bertz CT molecular complexity index is 674. The lowest BCUT2D eigenvalue weighted by atomic mass is 10.2. The second kappa shape index (κ2) is 6.60. The van der Waals surface area contributed by atoms with Gasteiger partial charge in [0.05, 0.1) is 13.7 Å². The number of nitrogen functional groups attached to an aromatic ring is 1. The molecule has 0 heterocycles. The van der Waals surface area contributed by atoms with Gasteiger partial charge in [-0.1, -0.05) is 6.07 Å². The first-order valence-corrected chi connectivity index (χ1v) is 6.94. The SMILES string of the molecule is COc1cc(CO)ccc1Oc1ccc(C(=N)N)c(Br)c1. The number of aliphatic hydroxyl groups excluding tert-OH is 1. The zero-order chi connectivity index (χ0) is 15.4. The number of hydrogen-bond donors (Lipinski definition) is 3. The molecule has 110 valence electrons. The standard InChI is InChI=1S/C15H15BrN2O3/c1-20-14-6-9(8-19)2-5-13(14)21-10-3-4-11(15(17)18)12(16)7-10/h2-7,19H,8H2,1H3,(H3,17,18). The molecule has 6 heteroatoms. The van der Waals surface area contributed by atoms with Gasteiger partial charge in [0.25, 0.3) is 0 Å². The van der Waals surface area contributed by atoms with Crippen molar-refractivity contribution in [2.24, 2.45) is 5.73 Å². The number of ether oxygens (including phenoxy) is 2. The van der Waals surface area contributed by atoms with Gasteiger partial charge in [-0.25, -0.2) is 0 Å². The van der Waals surface area contributed by atoms with E-state index in [0.717, 1.165) is 5.56 Å². The Morgan fingerprint density at radius 2 is 2.00 bits per heavy atom. The maximum absolute atomic E-state index is 9.12. The molecular formula is C15H15BrN2O3. The molecule has 0 aliphatic carbocycles. The number of amidine groups is 1. The smallest absolute Gasteiger partial charge is 0.169 e. The molecule has 4 N–H and O–H groups in total. The van der Waals surface area contributed by atoms with Crippen LogP contribution in [0.3, 0.4) is 0 Å². The van der Waals surface area contributed by atoms with Crippen LogP contribution in [0.25, 0.3) is 0 Å². The minimum absolute atomic E-state index is 0.0155. The predicted molar refractivity (Wildman–Crippen MR) is 84.1 cm³/mol. The fraction of sp³-hybridized carbons (Fsp3) is 0.133. The van der Waals surface area contributed by atoms with Gasteiger partial charge in [-0.2, -0.15) is 0 Å². The third kappa shape index (κ3) is 3.53. The van der Waals surface area contributed by atoms with Gasteiger partial charge in [-0.15, -0.1) is 0 Å². The summed E-state index contributed by atoms with van der Waals surface area (Å²) in [7, 11) is 1.54. The molecule has 2 aromatic carbocycles. The number of nitrogens with two attached hydrogens (primary N) is 1. The number of hydrogen-bond acceptors (Lipinski definition) is 4. The summed E-state index contributed by atoms with van der Waals surface area (Å²) in [5, 5.41) is 16.6. The first kappa shape index (κ1) is 15.3. The van der Waals surface area contributed by atoms with Crippen LogP contribution in [0.1, 0.15) is 11.1 Å². The number of nitrogens with one attached hydrogen (secondary N) is 1. The van der Waals surface area contributed by atoms with E-state index in [0.29, 0.717) is 27.3 Å². The molecule has 5 nitrogen and oxygen atoms in total. The van der Waals surface area contributed by atoms with E-state index in [1.165, 1.54) is 7.11 Å². The van der Waals surface area contributed by atoms with Gasteiger partial charge in [-0.05, 0) is 51.8 Å². The van der Waals surface area contributed by atoms with E-state index in [-0.39, 0.29) is 12.4 Å². The van der Waals surface area contributed by atoms with E-state index in [4.69, 9.17) is 25.7 Å². The third-order valence-corrected chi connectivity index (χ3v) is 3.53. The zero-order valence-corrected chi connectivity index (χ0v) is 13.0. The Kier molecular flexibility index (Phi) is 4.82. The second-order valence-electron chi connectivity index (χ2n) is 4.30. The van der Waals surface area contributed by atoms with Crippen molar-refractivity contribution < 1.29 is 14.6 Å². The lowest BCUT2D eigenvalue weighted by Gasteiger charge is -2.12. The molecule has 0 aromatic heterocycles. The van der Waals surface area contributed by atoms with E-state index in [1.54, 1.807) is 36.4 Å². The number of benzene rings is 2. The minimum atomic E-state index is -0.0600. The highest BCUT2D eigenvalue weighted by molar-refractivity contribution is 9.10.